The first kappa shape index (κ1) is 7.52. The Labute approximate surface area is 52.1 Å². The van der Waals surface area contributed by atoms with Crippen molar-refractivity contribution in [3.63, 3.8) is 0 Å². The van der Waals surface area contributed by atoms with Gasteiger partial charge in [-0.05, 0) is 13.3 Å². The van der Waals surface area contributed by atoms with Crippen molar-refractivity contribution in [2.75, 3.05) is 0 Å². The van der Waals surface area contributed by atoms with Gasteiger partial charge in [-0.25, -0.2) is 0 Å². The number of rotatable bonds is 2. The molecule has 0 aromatic rings. The standard InChI is InChI=1S/C5H11PS/c1-4(2)5(3)6-7/h4-5H,1-3H3. The van der Waals surface area contributed by atoms with E-state index in [1.54, 1.807) is 0 Å². The summed E-state index contributed by atoms with van der Waals surface area (Å²) in [5.41, 5.74) is 0.690. The molecule has 0 saturated carbocycles. The molecular weight excluding hydrogens is 123 g/mol. The maximum atomic E-state index is 4.82. The predicted molar refractivity (Wildman–Crippen MR) is 38.6 cm³/mol. The van der Waals surface area contributed by atoms with Gasteiger partial charge >= 0.3 is 0 Å². The molecule has 0 aliphatic carbocycles. The first-order chi connectivity index (χ1) is 3.18. The highest BCUT2D eigenvalue weighted by Crippen LogP contribution is 2.14. The molecule has 0 fully saturated rings. The SMILES string of the molecule is CC(C)C(C)P=S. The van der Waals surface area contributed by atoms with Crippen LogP contribution in [-0.2, 0) is 11.8 Å². The third-order valence-electron chi connectivity index (χ3n) is 1.13. The van der Waals surface area contributed by atoms with Crippen LogP contribution in [0.15, 0.2) is 0 Å². The zero-order chi connectivity index (χ0) is 5.86. The molecule has 2 heteroatoms. The highest BCUT2D eigenvalue weighted by atomic mass is 32.4. The molecule has 1 atom stereocenters. The lowest BCUT2D eigenvalue weighted by atomic mass is 10.2. The van der Waals surface area contributed by atoms with E-state index in [0.29, 0.717) is 5.66 Å². The Kier molecular flexibility index (Phi) is 3.77. The molecule has 0 amide bonds. The van der Waals surface area contributed by atoms with Gasteiger partial charge in [0.1, 0.15) is 0 Å². The quantitative estimate of drug-likeness (QED) is 0.523. The Morgan fingerprint density at radius 3 is 1.71 bits per heavy atom. The van der Waals surface area contributed by atoms with Gasteiger partial charge in [-0.2, -0.15) is 0 Å². The first-order valence-electron chi connectivity index (χ1n) is 2.51. The summed E-state index contributed by atoms with van der Waals surface area (Å²) in [4.78, 5) is 0. The molecule has 0 radical (unpaired) electrons. The first-order valence-corrected chi connectivity index (χ1v) is 4.48. The summed E-state index contributed by atoms with van der Waals surface area (Å²) in [5, 5.41) is 0. The summed E-state index contributed by atoms with van der Waals surface area (Å²) < 4.78 is 0. The lowest BCUT2D eigenvalue weighted by Gasteiger charge is -2.05. The molecule has 0 heterocycles. The molecule has 0 spiro atoms. The second-order valence-corrected chi connectivity index (χ2v) is 3.75. The van der Waals surface area contributed by atoms with Crippen LogP contribution in [0.1, 0.15) is 20.8 Å². The van der Waals surface area contributed by atoms with Crippen molar-refractivity contribution in [3.8, 4) is 0 Å². The van der Waals surface area contributed by atoms with Gasteiger partial charge in [0.05, 0.1) is 0 Å². The van der Waals surface area contributed by atoms with Crippen LogP contribution in [0.4, 0.5) is 0 Å². The molecular formula is C5H11PS. The summed E-state index contributed by atoms with van der Waals surface area (Å²) in [6.07, 6.45) is 0. The van der Waals surface area contributed by atoms with Crippen molar-refractivity contribution in [3.05, 3.63) is 0 Å². The highest BCUT2D eigenvalue weighted by molar-refractivity contribution is 7.96. The minimum atomic E-state index is 0.690. The zero-order valence-electron chi connectivity index (χ0n) is 5.01. The molecule has 0 saturated heterocycles. The van der Waals surface area contributed by atoms with E-state index in [1.165, 1.54) is 0 Å². The van der Waals surface area contributed by atoms with E-state index in [9.17, 15) is 0 Å². The maximum absolute atomic E-state index is 4.82. The highest BCUT2D eigenvalue weighted by Gasteiger charge is 2.00. The van der Waals surface area contributed by atoms with Crippen LogP contribution in [0.3, 0.4) is 0 Å². The summed E-state index contributed by atoms with van der Waals surface area (Å²) in [6.45, 7) is 6.58. The van der Waals surface area contributed by atoms with Crippen LogP contribution in [-0.4, -0.2) is 5.66 Å². The van der Waals surface area contributed by atoms with Gasteiger partial charge in [0, 0.05) is 5.66 Å². The predicted octanol–water partition coefficient (Wildman–Crippen LogP) is 2.44. The maximum Gasteiger partial charge on any atom is 0.0108 e. The van der Waals surface area contributed by atoms with Gasteiger partial charge in [-0.15, -0.1) is 0 Å². The Balaban J connectivity index is 3.33. The Morgan fingerprint density at radius 2 is 1.71 bits per heavy atom. The van der Waals surface area contributed by atoms with Crippen molar-refractivity contribution < 1.29 is 0 Å². The van der Waals surface area contributed by atoms with Crippen LogP contribution in [0, 0.1) is 5.92 Å². The fraction of sp³-hybridized carbons (Fsp3) is 1.00. The second kappa shape index (κ2) is 3.51. The smallest absolute Gasteiger partial charge is 0.0108 e. The van der Waals surface area contributed by atoms with Crippen LogP contribution < -0.4 is 0 Å². The van der Waals surface area contributed by atoms with Gasteiger partial charge in [-0.3, -0.25) is 0 Å². The lowest BCUT2D eigenvalue weighted by molar-refractivity contribution is 0.642. The molecule has 0 N–H and O–H groups in total. The van der Waals surface area contributed by atoms with Crippen molar-refractivity contribution in [2.45, 2.75) is 26.4 Å². The molecule has 0 bridgehead atoms. The van der Waals surface area contributed by atoms with Gasteiger partial charge in [0.15, 0.2) is 0 Å². The average molecular weight is 134 g/mol. The molecule has 42 valence electrons. The van der Waals surface area contributed by atoms with Crippen LogP contribution in [0.2, 0.25) is 0 Å². The Hall–Kier alpha value is 0.520. The van der Waals surface area contributed by atoms with Crippen LogP contribution >= 0.6 is 7.36 Å². The monoisotopic (exact) mass is 134 g/mol. The van der Waals surface area contributed by atoms with E-state index in [1.807, 2.05) is 0 Å². The van der Waals surface area contributed by atoms with Gasteiger partial charge in [0.25, 0.3) is 0 Å². The van der Waals surface area contributed by atoms with Crippen molar-refractivity contribution in [1.29, 1.82) is 0 Å². The summed E-state index contributed by atoms with van der Waals surface area (Å²) in [6, 6.07) is 0. The zero-order valence-corrected chi connectivity index (χ0v) is 6.72. The van der Waals surface area contributed by atoms with Gasteiger partial charge < -0.3 is 0 Å². The van der Waals surface area contributed by atoms with E-state index < -0.39 is 0 Å². The van der Waals surface area contributed by atoms with E-state index in [4.69, 9.17) is 11.8 Å². The Morgan fingerprint density at radius 1 is 1.29 bits per heavy atom. The fourth-order valence-corrected chi connectivity index (χ4v) is 1.10. The van der Waals surface area contributed by atoms with Crippen LogP contribution in [0.25, 0.3) is 0 Å². The third kappa shape index (κ3) is 3.13. The Bertz CT molecular complexity index is 61.1. The topological polar surface area (TPSA) is 0 Å². The molecule has 0 aliphatic rings. The van der Waals surface area contributed by atoms with Crippen molar-refractivity contribution in [1.82, 2.24) is 0 Å². The van der Waals surface area contributed by atoms with E-state index in [2.05, 4.69) is 20.8 Å². The largest absolute Gasteiger partial charge is 0.0619 e. The normalized spacial score (nSPS) is 15.4. The molecule has 0 aliphatic heterocycles. The van der Waals surface area contributed by atoms with Gasteiger partial charge in [0.2, 0.25) is 0 Å². The molecule has 0 aromatic carbocycles. The lowest BCUT2D eigenvalue weighted by Crippen LogP contribution is -2.00. The van der Waals surface area contributed by atoms with E-state index in [0.717, 1.165) is 13.3 Å². The summed E-state index contributed by atoms with van der Waals surface area (Å²) in [5.74, 6) is 0.749. The molecule has 0 nitrogen and oxygen atoms in total. The van der Waals surface area contributed by atoms with E-state index in [-0.39, 0.29) is 0 Å². The molecule has 0 rings (SSSR count). The summed E-state index contributed by atoms with van der Waals surface area (Å²) in [7, 11) is 1.11. The number of hydrogen-bond donors (Lipinski definition) is 0. The van der Waals surface area contributed by atoms with Crippen molar-refractivity contribution in [2.24, 2.45) is 5.92 Å². The average Bonchev–Trinajstić information content (AvgIpc) is 1.65. The third-order valence-corrected chi connectivity index (χ3v) is 3.06. The minimum absolute atomic E-state index is 0.690. The molecule has 7 heavy (non-hydrogen) atoms. The van der Waals surface area contributed by atoms with Crippen molar-refractivity contribution >= 4 is 19.2 Å². The number of hydrogen-bond acceptors (Lipinski definition) is 1. The van der Waals surface area contributed by atoms with Gasteiger partial charge in [-0.1, -0.05) is 32.6 Å². The summed E-state index contributed by atoms with van der Waals surface area (Å²) >= 11 is 4.82. The minimum Gasteiger partial charge on any atom is -0.0619 e. The van der Waals surface area contributed by atoms with E-state index >= 15 is 0 Å². The molecule has 0 aromatic heterocycles. The molecule has 1 unspecified atom stereocenters. The van der Waals surface area contributed by atoms with Crippen LogP contribution in [0.5, 0.6) is 0 Å². The second-order valence-electron chi connectivity index (χ2n) is 2.09. The fourth-order valence-electron chi connectivity index (χ4n) is 0.122.